The van der Waals surface area contributed by atoms with Gasteiger partial charge in [-0.15, -0.1) is 0 Å². The zero-order valence-corrected chi connectivity index (χ0v) is 20.9. The minimum Gasteiger partial charge on any atom is -0.507 e. The van der Waals surface area contributed by atoms with Gasteiger partial charge in [-0.25, -0.2) is 4.98 Å². The van der Waals surface area contributed by atoms with E-state index in [9.17, 15) is 14.7 Å². The quantitative estimate of drug-likeness (QED) is 0.136. The van der Waals surface area contributed by atoms with Crippen LogP contribution >= 0.6 is 22.9 Å². The number of aliphatic hydroxyl groups excluding tert-OH is 1. The largest absolute Gasteiger partial charge is 0.507 e. The molecule has 36 heavy (non-hydrogen) atoms. The lowest BCUT2D eigenvalue weighted by atomic mass is 9.96. The fraction of sp³-hybridized carbons (Fsp3) is 0.185. The second kappa shape index (κ2) is 10.1. The van der Waals surface area contributed by atoms with E-state index in [0.29, 0.717) is 39.2 Å². The van der Waals surface area contributed by atoms with Crippen molar-refractivity contribution in [3.8, 4) is 5.75 Å². The first kappa shape index (κ1) is 24.0. The van der Waals surface area contributed by atoms with Crippen LogP contribution in [0.15, 0.2) is 72.6 Å². The first-order chi connectivity index (χ1) is 17.5. The molecule has 1 fully saturated rings. The number of nitrogens with zero attached hydrogens (tertiary/aromatic N) is 3. The lowest BCUT2D eigenvalue weighted by Crippen LogP contribution is -2.29. The van der Waals surface area contributed by atoms with Crippen molar-refractivity contribution in [2.75, 3.05) is 11.5 Å². The molecule has 0 aliphatic carbocycles. The number of unbranched alkanes of at least 4 members (excludes halogenated alkanes) is 1. The van der Waals surface area contributed by atoms with Crippen molar-refractivity contribution in [3.05, 3.63) is 88.7 Å². The van der Waals surface area contributed by atoms with Gasteiger partial charge >= 0.3 is 5.91 Å². The number of anilines is 1. The maximum atomic E-state index is 13.4. The Morgan fingerprint density at radius 1 is 1.14 bits per heavy atom. The highest BCUT2D eigenvalue weighted by atomic mass is 35.5. The molecule has 7 nitrogen and oxygen atoms in total. The molecule has 1 atom stereocenters. The Bertz CT molecular complexity index is 1480. The van der Waals surface area contributed by atoms with Crippen LogP contribution in [0, 0.1) is 0 Å². The number of halogens is 1. The number of fused-ring (bicyclic) bond motifs is 1. The molecule has 182 valence electrons. The van der Waals surface area contributed by atoms with Crippen LogP contribution in [-0.2, 0) is 9.59 Å². The third kappa shape index (κ3) is 4.45. The van der Waals surface area contributed by atoms with Crippen molar-refractivity contribution in [2.45, 2.75) is 25.8 Å². The van der Waals surface area contributed by atoms with E-state index in [-0.39, 0.29) is 11.3 Å². The molecular formula is C27H22ClN3O4S. The number of benzene rings is 2. The molecule has 1 aliphatic heterocycles. The fourth-order valence-electron chi connectivity index (χ4n) is 4.10. The van der Waals surface area contributed by atoms with Crippen LogP contribution in [0.25, 0.3) is 16.0 Å². The highest BCUT2D eigenvalue weighted by Gasteiger charge is 2.48. The average molecular weight is 520 g/mol. The number of pyridine rings is 1. The van der Waals surface area contributed by atoms with Crippen molar-refractivity contribution >= 4 is 55.7 Å². The number of hydrogen-bond acceptors (Lipinski definition) is 7. The number of hydrogen-bond donors (Lipinski definition) is 1. The molecular weight excluding hydrogens is 498 g/mol. The average Bonchev–Trinajstić information content (AvgIpc) is 3.42. The highest BCUT2D eigenvalue weighted by Crippen LogP contribution is 2.44. The van der Waals surface area contributed by atoms with Crippen LogP contribution in [0.1, 0.15) is 36.9 Å². The number of carbonyl (C=O) groups is 2. The normalized spacial score (nSPS) is 17.2. The van der Waals surface area contributed by atoms with Crippen LogP contribution in [0.2, 0.25) is 5.02 Å². The minimum absolute atomic E-state index is 0.0193. The number of amides is 1. The summed E-state index contributed by atoms with van der Waals surface area (Å²) in [4.78, 5) is 36.7. The van der Waals surface area contributed by atoms with Gasteiger partial charge in [-0.2, -0.15) is 0 Å². The van der Waals surface area contributed by atoms with Gasteiger partial charge in [0.05, 0.1) is 28.4 Å². The Morgan fingerprint density at radius 2 is 1.94 bits per heavy atom. The maximum absolute atomic E-state index is 13.4. The minimum atomic E-state index is -0.881. The zero-order chi connectivity index (χ0) is 25.2. The van der Waals surface area contributed by atoms with Crippen LogP contribution < -0.4 is 9.64 Å². The number of aromatic nitrogens is 2. The third-order valence-electron chi connectivity index (χ3n) is 5.89. The predicted molar refractivity (Wildman–Crippen MR) is 140 cm³/mol. The second-order valence-corrected chi connectivity index (χ2v) is 9.73. The van der Waals surface area contributed by atoms with Crippen molar-refractivity contribution in [1.82, 2.24) is 9.97 Å². The standard InChI is InChI=1S/C27H22ClN3O4S/c1-2-3-13-35-19-6-4-5-17(14-19)24(32)22-23(16-9-11-29-12-10-16)31(26(34)25(22)33)27-30-20-8-7-18(28)15-21(20)36-27/h4-12,14-15,23,32H,2-3,13H2,1H3/b24-22+. The number of Topliss-reactive ketones (excluding diaryl/α,β-unsaturated/α-hetero) is 1. The Kier molecular flexibility index (Phi) is 6.71. The van der Waals surface area contributed by atoms with Crippen molar-refractivity contribution < 1.29 is 19.4 Å². The highest BCUT2D eigenvalue weighted by molar-refractivity contribution is 7.22. The van der Waals surface area contributed by atoms with E-state index < -0.39 is 17.7 Å². The van der Waals surface area contributed by atoms with Gasteiger partial charge in [0.25, 0.3) is 5.78 Å². The smallest absolute Gasteiger partial charge is 0.301 e. The monoisotopic (exact) mass is 519 g/mol. The van der Waals surface area contributed by atoms with E-state index in [0.717, 1.165) is 17.5 Å². The van der Waals surface area contributed by atoms with Gasteiger partial charge in [-0.05, 0) is 54.4 Å². The molecule has 1 saturated heterocycles. The number of ether oxygens (including phenoxy) is 1. The molecule has 1 N–H and O–H groups in total. The van der Waals surface area contributed by atoms with Gasteiger partial charge in [0.2, 0.25) is 0 Å². The van der Waals surface area contributed by atoms with Crippen LogP contribution in [0.4, 0.5) is 5.13 Å². The summed E-state index contributed by atoms with van der Waals surface area (Å²) < 4.78 is 6.55. The lowest BCUT2D eigenvalue weighted by molar-refractivity contribution is -0.132. The van der Waals surface area contributed by atoms with Crippen LogP contribution in [-0.4, -0.2) is 33.4 Å². The van der Waals surface area contributed by atoms with Gasteiger partial charge in [-0.3, -0.25) is 19.5 Å². The van der Waals surface area contributed by atoms with Gasteiger partial charge in [0, 0.05) is 23.0 Å². The van der Waals surface area contributed by atoms with Crippen molar-refractivity contribution in [2.24, 2.45) is 0 Å². The summed E-state index contributed by atoms with van der Waals surface area (Å²) >= 11 is 7.39. The summed E-state index contributed by atoms with van der Waals surface area (Å²) in [5.41, 5.74) is 1.65. The molecule has 0 bridgehead atoms. The second-order valence-electron chi connectivity index (χ2n) is 8.29. The van der Waals surface area contributed by atoms with Gasteiger partial charge in [0.15, 0.2) is 5.13 Å². The topological polar surface area (TPSA) is 92.6 Å². The molecule has 9 heteroatoms. The van der Waals surface area contributed by atoms with Crippen LogP contribution in [0.3, 0.4) is 0 Å². The summed E-state index contributed by atoms with van der Waals surface area (Å²) in [7, 11) is 0. The first-order valence-corrected chi connectivity index (χ1v) is 12.7. The Morgan fingerprint density at radius 3 is 2.72 bits per heavy atom. The third-order valence-corrected chi connectivity index (χ3v) is 7.14. The Balaban J connectivity index is 1.63. The molecule has 1 unspecified atom stereocenters. The van der Waals surface area contributed by atoms with E-state index in [2.05, 4.69) is 16.9 Å². The van der Waals surface area contributed by atoms with E-state index >= 15 is 0 Å². The molecule has 0 radical (unpaired) electrons. The summed E-state index contributed by atoms with van der Waals surface area (Å²) in [6.07, 6.45) is 5.05. The molecule has 2 aromatic heterocycles. The molecule has 1 aliphatic rings. The van der Waals surface area contributed by atoms with Crippen molar-refractivity contribution in [3.63, 3.8) is 0 Å². The Labute approximate surface area is 216 Å². The number of ketones is 1. The summed E-state index contributed by atoms with van der Waals surface area (Å²) in [5, 5.41) is 12.2. The predicted octanol–water partition coefficient (Wildman–Crippen LogP) is 6.15. The lowest BCUT2D eigenvalue weighted by Gasteiger charge is -2.22. The number of rotatable bonds is 7. The molecule has 5 rings (SSSR count). The first-order valence-electron chi connectivity index (χ1n) is 11.5. The molecule has 3 heterocycles. The molecule has 4 aromatic rings. The molecule has 1 amide bonds. The van der Waals surface area contributed by atoms with E-state index in [1.54, 1.807) is 67.0 Å². The SMILES string of the molecule is CCCCOc1cccc(/C(O)=C2\C(=O)C(=O)N(c3nc4ccc(Cl)cc4s3)C2c2ccncc2)c1. The molecule has 0 spiro atoms. The van der Waals surface area contributed by atoms with E-state index in [4.69, 9.17) is 16.3 Å². The van der Waals surface area contributed by atoms with E-state index in [1.807, 2.05) is 0 Å². The zero-order valence-electron chi connectivity index (χ0n) is 19.3. The van der Waals surface area contributed by atoms with Gasteiger partial charge in [0.1, 0.15) is 11.5 Å². The van der Waals surface area contributed by atoms with Crippen molar-refractivity contribution in [1.29, 1.82) is 0 Å². The molecule has 0 saturated carbocycles. The number of carbonyl (C=O) groups excluding carboxylic acids is 2. The fourth-order valence-corrected chi connectivity index (χ4v) is 5.37. The molecule has 2 aromatic carbocycles. The Hall–Kier alpha value is -3.75. The number of thiazole rings is 1. The summed E-state index contributed by atoms with van der Waals surface area (Å²) in [6.45, 7) is 2.62. The van der Waals surface area contributed by atoms with Crippen LogP contribution in [0.5, 0.6) is 5.75 Å². The van der Waals surface area contributed by atoms with Gasteiger partial charge in [-0.1, -0.05) is 48.4 Å². The summed E-state index contributed by atoms with van der Waals surface area (Å²) in [6, 6.07) is 14.7. The maximum Gasteiger partial charge on any atom is 0.301 e. The van der Waals surface area contributed by atoms with Gasteiger partial charge < -0.3 is 9.84 Å². The number of aliphatic hydroxyl groups is 1. The van der Waals surface area contributed by atoms with E-state index in [1.165, 1.54) is 16.2 Å². The summed E-state index contributed by atoms with van der Waals surface area (Å²) in [5.74, 6) is -1.25.